The monoisotopic (exact) mass is 381 g/mol. The fourth-order valence-electron chi connectivity index (χ4n) is 2.93. The molecule has 0 fully saturated rings. The fourth-order valence-corrected chi connectivity index (χ4v) is 4.55. The van der Waals surface area contributed by atoms with Crippen LogP contribution in [0.3, 0.4) is 0 Å². The topological polar surface area (TPSA) is 55.8 Å². The van der Waals surface area contributed by atoms with Crippen LogP contribution in [0.25, 0.3) is 0 Å². The molecule has 0 saturated heterocycles. The van der Waals surface area contributed by atoms with E-state index in [-0.39, 0.29) is 23.3 Å². The summed E-state index contributed by atoms with van der Waals surface area (Å²) in [4.78, 5) is 0.0567. The first-order chi connectivity index (χ1) is 11.9. The van der Waals surface area contributed by atoms with Crippen LogP contribution in [0.4, 0.5) is 0 Å². The second-order valence-electron chi connectivity index (χ2n) is 5.99. The number of nitrogens with zero attached hydrogens (tertiary/aromatic N) is 1. The normalized spacial score (nSPS) is 17.4. The molecule has 25 heavy (non-hydrogen) atoms. The van der Waals surface area contributed by atoms with Crippen LogP contribution in [0.15, 0.2) is 47.4 Å². The van der Waals surface area contributed by atoms with Gasteiger partial charge in [-0.05, 0) is 29.3 Å². The van der Waals surface area contributed by atoms with Crippen molar-refractivity contribution in [3.05, 3.63) is 58.6 Å². The number of hydrogen-bond donors (Lipinski definition) is 0. The first-order valence-electron chi connectivity index (χ1n) is 7.90. The van der Waals surface area contributed by atoms with Gasteiger partial charge in [-0.2, -0.15) is 4.31 Å². The highest BCUT2D eigenvalue weighted by molar-refractivity contribution is 7.89. The van der Waals surface area contributed by atoms with Crippen molar-refractivity contribution < 1.29 is 17.9 Å². The van der Waals surface area contributed by atoms with E-state index < -0.39 is 10.0 Å². The maximum atomic E-state index is 12.9. The Morgan fingerprint density at radius 2 is 1.96 bits per heavy atom. The largest absolute Gasteiger partial charge is 0.495 e. The molecule has 1 aliphatic heterocycles. The summed E-state index contributed by atoms with van der Waals surface area (Å²) < 4.78 is 38.1. The van der Waals surface area contributed by atoms with E-state index in [1.165, 1.54) is 23.0 Å². The quantitative estimate of drug-likeness (QED) is 0.798. The van der Waals surface area contributed by atoms with E-state index in [0.717, 1.165) is 5.56 Å². The molecule has 0 amide bonds. The van der Waals surface area contributed by atoms with Crippen molar-refractivity contribution in [3.8, 4) is 5.75 Å². The Labute approximate surface area is 153 Å². The van der Waals surface area contributed by atoms with Crippen molar-refractivity contribution in [1.29, 1.82) is 0 Å². The summed E-state index contributed by atoms with van der Waals surface area (Å²) in [5.74, 6) is 0.270. The summed E-state index contributed by atoms with van der Waals surface area (Å²) in [5, 5.41) is 0.343. The van der Waals surface area contributed by atoms with Gasteiger partial charge in [0.05, 0.1) is 19.8 Å². The first-order valence-corrected chi connectivity index (χ1v) is 9.72. The van der Waals surface area contributed by atoms with Crippen LogP contribution < -0.4 is 4.74 Å². The lowest BCUT2D eigenvalue weighted by Gasteiger charge is -2.29. The summed E-state index contributed by atoms with van der Waals surface area (Å²) in [6, 6.07) is 12.6. The van der Waals surface area contributed by atoms with Crippen molar-refractivity contribution in [2.75, 3.05) is 20.7 Å². The SMILES string of the molecule is COc1ccc(Cl)cc1S(=O)(=O)N(C)CC1Cc2ccccc2CO1. The van der Waals surface area contributed by atoms with Gasteiger partial charge >= 0.3 is 0 Å². The zero-order valence-electron chi connectivity index (χ0n) is 14.1. The molecular formula is C18H20ClNO4S. The summed E-state index contributed by atoms with van der Waals surface area (Å²) in [6.45, 7) is 0.752. The van der Waals surface area contributed by atoms with Gasteiger partial charge in [-0.1, -0.05) is 35.9 Å². The third-order valence-corrected chi connectivity index (χ3v) is 6.39. The van der Waals surface area contributed by atoms with Crippen LogP contribution >= 0.6 is 11.6 Å². The predicted octanol–water partition coefficient (Wildman–Crippen LogP) is 3.11. The number of sulfonamides is 1. The Morgan fingerprint density at radius 3 is 2.68 bits per heavy atom. The van der Waals surface area contributed by atoms with Gasteiger partial charge in [0.2, 0.25) is 10.0 Å². The Kier molecular flexibility index (Phi) is 5.34. The highest BCUT2D eigenvalue weighted by Gasteiger charge is 2.29. The van der Waals surface area contributed by atoms with E-state index in [0.29, 0.717) is 18.1 Å². The number of fused-ring (bicyclic) bond motifs is 1. The van der Waals surface area contributed by atoms with Gasteiger partial charge in [-0.3, -0.25) is 0 Å². The highest BCUT2D eigenvalue weighted by Crippen LogP contribution is 2.30. The third kappa shape index (κ3) is 3.82. The van der Waals surface area contributed by atoms with Crippen molar-refractivity contribution >= 4 is 21.6 Å². The van der Waals surface area contributed by atoms with Crippen molar-refractivity contribution in [2.24, 2.45) is 0 Å². The van der Waals surface area contributed by atoms with Gasteiger partial charge in [0, 0.05) is 25.0 Å². The lowest BCUT2D eigenvalue weighted by molar-refractivity contribution is 0.0202. The molecule has 0 N–H and O–H groups in total. The minimum absolute atomic E-state index is 0.0567. The van der Waals surface area contributed by atoms with Crippen LogP contribution in [0.1, 0.15) is 11.1 Å². The molecule has 134 valence electrons. The maximum absolute atomic E-state index is 12.9. The molecule has 5 nitrogen and oxygen atoms in total. The number of hydrogen-bond acceptors (Lipinski definition) is 4. The second-order valence-corrected chi connectivity index (χ2v) is 8.44. The van der Waals surface area contributed by atoms with Crippen molar-refractivity contribution in [2.45, 2.75) is 24.0 Å². The van der Waals surface area contributed by atoms with Gasteiger partial charge < -0.3 is 9.47 Å². The molecule has 2 aromatic carbocycles. The molecule has 2 aromatic rings. The molecule has 3 rings (SSSR count). The van der Waals surface area contributed by atoms with Gasteiger partial charge in [0.25, 0.3) is 0 Å². The smallest absolute Gasteiger partial charge is 0.246 e. The molecule has 0 spiro atoms. The molecule has 1 heterocycles. The molecule has 0 aromatic heterocycles. The summed E-state index contributed by atoms with van der Waals surface area (Å²) in [7, 11) is -0.762. The van der Waals surface area contributed by atoms with E-state index in [2.05, 4.69) is 6.07 Å². The second kappa shape index (κ2) is 7.33. The molecule has 1 atom stereocenters. The van der Waals surface area contributed by atoms with Crippen LogP contribution in [-0.4, -0.2) is 39.5 Å². The van der Waals surface area contributed by atoms with E-state index in [1.807, 2.05) is 18.2 Å². The lowest BCUT2D eigenvalue weighted by Crippen LogP contribution is -2.38. The molecule has 7 heteroatoms. The summed E-state index contributed by atoms with van der Waals surface area (Å²) >= 11 is 5.97. The number of rotatable bonds is 5. The molecule has 1 aliphatic rings. The van der Waals surface area contributed by atoms with E-state index >= 15 is 0 Å². The number of halogens is 1. The Bertz CT molecular complexity index is 869. The van der Waals surface area contributed by atoms with Crippen molar-refractivity contribution in [3.63, 3.8) is 0 Å². The lowest BCUT2D eigenvalue weighted by atomic mass is 9.99. The number of likely N-dealkylation sites (N-methyl/N-ethyl adjacent to an activating group) is 1. The minimum Gasteiger partial charge on any atom is -0.495 e. The maximum Gasteiger partial charge on any atom is 0.246 e. The molecule has 0 aliphatic carbocycles. The Balaban J connectivity index is 1.79. The van der Waals surface area contributed by atoms with Crippen LogP contribution in [0, 0.1) is 0 Å². The number of benzene rings is 2. The summed E-state index contributed by atoms with van der Waals surface area (Å²) in [5.41, 5.74) is 2.35. The Morgan fingerprint density at radius 1 is 1.24 bits per heavy atom. The highest BCUT2D eigenvalue weighted by atomic mass is 35.5. The molecular weight excluding hydrogens is 362 g/mol. The average Bonchev–Trinajstić information content (AvgIpc) is 2.61. The van der Waals surface area contributed by atoms with E-state index in [9.17, 15) is 8.42 Å². The van der Waals surface area contributed by atoms with Crippen LogP contribution in [0.5, 0.6) is 5.75 Å². The molecule has 0 radical (unpaired) electrons. The third-order valence-electron chi connectivity index (χ3n) is 4.32. The standard InChI is InChI=1S/C18H20ClNO4S/c1-20(11-16-9-13-5-3-4-6-14(13)12-24-16)25(21,22)18-10-15(19)7-8-17(18)23-2/h3-8,10,16H,9,11-12H2,1-2H3. The van der Waals surface area contributed by atoms with Gasteiger partial charge in [0.15, 0.2) is 0 Å². The van der Waals surface area contributed by atoms with Gasteiger partial charge in [-0.25, -0.2) is 8.42 Å². The first kappa shape index (κ1) is 18.2. The van der Waals surface area contributed by atoms with Gasteiger partial charge in [0.1, 0.15) is 10.6 Å². The van der Waals surface area contributed by atoms with E-state index in [4.69, 9.17) is 21.1 Å². The van der Waals surface area contributed by atoms with E-state index in [1.54, 1.807) is 19.2 Å². The van der Waals surface area contributed by atoms with Crippen LogP contribution in [0.2, 0.25) is 5.02 Å². The fraction of sp³-hybridized carbons (Fsp3) is 0.333. The number of ether oxygens (including phenoxy) is 2. The average molecular weight is 382 g/mol. The molecule has 0 saturated carbocycles. The van der Waals surface area contributed by atoms with Crippen molar-refractivity contribution in [1.82, 2.24) is 4.31 Å². The van der Waals surface area contributed by atoms with Crippen LogP contribution in [-0.2, 0) is 27.8 Å². The molecule has 0 bridgehead atoms. The number of methoxy groups -OCH3 is 1. The molecule has 1 unspecified atom stereocenters. The predicted molar refractivity (Wildman–Crippen MR) is 96.5 cm³/mol. The Hall–Kier alpha value is -1.60. The zero-order valence-corrected chi connectivity index (χ0v) is 15.7. The zero-order chi connectivity index (χ0) is 18.0. The summed E-state index contributed by atoms with van der Waals surface area (Å²) in [6.07, 6.45) is 0.489. The minimum atomic E-state index is -3.74. The van der Waals surface area contributed by atoms with Gasteiger partial charge in [-0.15, -0.1) is 0 Å².